The number of nitrogens with zero attached hydrogens (tertiary/aromatic N) is 1. The molecule has 0 radical (unpaired) electrons. The molecule has 0 spiro atoms. The quantitative estimate of drug-likeness (QED) is 0.543. The second-order valence-corrected chi connectivity index (χ2v) is 7.22. The summed E-state index contributed by atoms with van der Waals surface area (Å²) < 4.78 is 18.3. The van der Waals surface area contributed by atoms with Gasteiger partial charge < -0.3 is 20.3 Å². The van der Waals surface area contributed by atoms with Crippen molar-refractivity contribution in [2.45, 2.75) is 6.54 Å². The number of benzene rings is 2. The van der Waals surface area contributed by atoms with E-state index in [-0.39, 0.29) is 18.3 Å². The molecule has 1 heterocycles. The highest BCUT2D eigenvalue weighted by molar-refractivity contribution is 7.13. The lowest BCUT2D eigenvalue weighted by atomic mass is 10.3. The Balaban J connectivity index is 1.50. The van der Waals surface area contributed by atoms with Crippen molar-refractivity contribution < 1.29 is 18.8 Å². The zero-order valence-corrected chi connectivity index (χ0v) is 16.5. The zero-order chi connectivity index (χ0) is 19.9. The van der Waals surface area contributed by atoms with Crippen molar-refractivity contribution in [3.05, 3.63) is 65.4 Å². The highest BCUT2D eigenvalue weighted by atomic mass is 32.1. The van der Waals surface area contributed by atoms with E-state index in [1.165, 1.54) is 23.5 Å². The fourth-order valence-corrected chi connectivity index (χ4v) is 3.39. The van der Waals surface area contributed by atoms with Crippen molar-refractivity contribution in [1.82, 2.24) is 4.98 Å². The summed E-state index contributed by atoms with van der Waals surface area (Å²) in [6.45, 7) is 0.868. The number of methoxy groups -OCH3 is 1. The lowest BCUT2D eigenvalue weighted by Gasteiger charge is -2.12. The van der Waals surface area contributed by atoms with Crippen LogP contribution in [-0.4, -0.2) is 31.6 Å². The highest BCUT2D eigenvalue weighted by Crippen LogP contribution is 2.22. The molecule has 0 fully saturated rings. The van der Waals surface area contributed by atoms with Crippen LogP contribution in [-0.2, 0) is 11.3 Å². The molecule has 0 saturated heterocycles. The molecule has 0 bridgehead atoms. The largest absolute Gasteiger partial charge is 0.497 e. The molecular weight excluding hydrogens is 379 g/mol. The van der Waals surface area contributed by atoms with Crippen molar-refractivity contribution in [3.63, 3.8) is 0 Å². The molecule has 0 aliphatic carbocycles. The van der Waals surface area contributed by atoms with Gasteiger partial charge in [0.15, 0.2) is 11.7 Å². The fourth-order valence-electron chi connectivity index (χ4n) is 2.66. The molecule has 146 valence electrons. The van der Waals surface area contributed by atoms with Crippen LogP contribution in [0.2, 0.25) is 0 Å². The van der Waals surface area contributed by atoms with Gasteiger partial charge in [0.1, 0.15) is 23.8 Å². The number of anilines is 3. The van der Waals surface area contributed by atoms with E-state index in [1.807, 2.05) is 36.7 Å². The van der Waals surface area contributed by atoms with Gasteiger partial charge in [-0.1, -0.05) is 6.07 Å². The van der Waals surface area contributed by atoms with Crippen LogP contribution in [0, 0.1) is 5.82 Å². The molecule has 1 atom stereocenters. The van der Waals surface area contributed by atoms with E-state index in [1.54, 1.807) is 19.2 Å². The van der Waals surface area contributed by atoms with Crippen LogP contribution in [0.3, 0.4) is 0 Å². The van der Waals surface area contributed by atoms with Crippen molar-refractivity contribution in [3.8, 4) is 5.75 Å². The number of thiazole rings is 1. The van der Waals surface area contributed by atoms with E-state index < -0.39 is 0 Å². The normalized spacial score (nSPS) is 11.7. The summed E-state index contributed by atoms with van der Waals surface area (Å²) >= 11 is 1.51. The third-order valence-corrected chi connectivity index (χ3v) is 4.75. The second-order valence-electron chi connectivity index (χ2n) is 6.37. The van der Waals surface area contributed by atoms with Crippen molar-refractivity contribution in [2.24, 2.45) is 0 Å². The monoisotopic (exact) mass is 401 g/mol. The summed E-state index contributed by atoms with van der Waals surface area (Å²) in [4.78, 5) is 17.7. The van der Waals surface area contributed by atoms with Crippen molar-refractivity contribution in [1.29, 1.82) is 0 Å². The number of nitrogens with one attached hydrogen (secondary N) is 3. The van der Waals surface area contributed by atoms with Crippen molar-refractivity contribution >= 4 is 33.8 Å². The van der Waals surface area contributed by atoms with Gasteiger partial charge in [0.25, 0.3) is 5.91 Å². The molecule has 0 saturated carbocycles. The van der Waals surface area contributed by atoms with Crippen LogP contribution in [0.4, 0.5) is 20.9 Å². The molecule has 0 aliphatic heterocycles. The maximum atomic E-state index is 13.2. The van der Waals surface area contributed by atoms with Gasteiger partial charge in [-0.25, -0.2) is 9.37 Å². The van der Waals surface area contributed by atoms with E-state index in [0.717, 1.165) is 27.2 Å². The Morgan fingerprint density at radius 1 is 1.21 bits per heavy atom. The predicted octanol–water partition coefficient (Wildman–Crippen LogP) is 2.69. The number of carbonyl (C=O) groups excluding carboxylic acids is 1. The van der Waals surface area contributed by atoms with E-state index in [4.69, 9.17) is 4.74 Å². The van der Waals surface area contributed by atoms with E-state index in [2.05, 4.69) is 15.6 Å². The van der Waals surface area contributed by atoms with E-state index in [0.29, 0.717) is 12.2 Å². The summed E-state index contributed by atoms with van der Waals surface area (Å²) in [5.74, 6) is 0.250. The molecule has 0 aliphatic rings. The summed E-state index contributed by atoms with van der Waals surface area (Å²) in [7, 11) is 3.55. The van der Waals surface area contributed by atoms with Crippen LogP contribution in [0.1, 0.15) is 5.69 Å². The van der Waals surface area contributed by atoms with Gasteiger partial charge in [-0.05, 0) is 42.5 Å². The number of amides is 1. The number of aromatic nitrogens is 1. The first-order valence-electron chi connectivity index (χ1n) is 8.74. The summed E-state index contributed by atoms with van der Waals surface area (Å²) in [6.07, 6.45) is 0. The Bertz CT molecular complexity index is 930. The molecule has 3 rings (SSSR count). The topological polar surface area (TPSA) is 67.7 Å². The molecule has 28 heavy (non-hydrogen) atoms. The van der Waals surface area contributed by atoms with E-state index in [9.17, 15) is 9.18 Å². The molecule has 8 heteroatoms. The predicted molar refractivity (Wildman–Crippen MR) is 109 cm³/mol. The lowest BCUT2D eigenvalue weighted by molar-refractivity contribution is -0.885. The summed E-state index contributed by atoms with van der Waals surface area (Å²) in [5, 5.41) is 8.72. The number of ether oxygens (including phenoxy) is 1. The van der Waals surface area contributed by atoms with Gasteiger partial charge in [0, 0.05) is 16.8 Å². The minimum absolute atomic E-state index is 0.171. The third kappa shape index (κ3) is 5.77. The van der Waals surface area contributed by atoms with Crippen LogP contribution < -0.4 is 20.3 Å². The summed E-state index contributed by atoms with van der Waals surface area (Å²) in [6, 6.07) is 13.5. The maximum absolute atomic E-state index is 13.2. The number of rotatable bonds is 8. The van der Waals surface area contributed by atoms with Gasteiger partial charge in [-0.3, -0.25) is 4.79 Å². The SMILES string of the molecule is COc1ccc(Nc2nc(C[NH+](C)CC(=O)Nc3cccc(F)c3)cs2)cc1. The molecule has 3 aromatic rings. The van der Waals surface area contributed by atoms with Crippen LogP contribution in [0.25, 0.3) is 0 Å². The smallest absolute Gasteiger partial charge is 0.279 e. The minimum atomic E-state index is -0.377. The molecule has 1 amide bonds. The van der Waals surface area contributed by atoms with Gasteiger partial charge in [-0.2, -0.15) is 0 Å². The standard InChI is InChI=1S/C20H21FN4O2S/c1-25(12-19(26)22-16-5-3-4-14(21)10-16)11-17-13-28-20(24-17)23-15-6-8-18(27-2)9-7-15/h3-10,13H,11-12H2,1-2H3,(H,22,26)(H,23,24)/p+1. The Hall–Kier alpha value is -2.97. The Labute approximate surface area is 167 Å². The lowest BCUT2D eigenvalue weighted by Crippen LogP contribution is -3.08. The number of quaternary nitrogens is 1. The van der Waals surface area contributed by atoms with Crippen LogP contribution >= 0.6 is 11.3 Å². The first-order valence-corrected chi connectivity index (χ1v) is 9.62. The fraction of sp³-hybridized carbons (Fsp3) is 0.200. The molecular formula is C20H22FN4O2S+. The van der Waals surface area contributed by atoms with Gasteiger partial charge in [0.05, 0.1) is 14.2 Å². The third-order valence-electron chi connectivity index (χ3n) is 3.95. The van der Waals surface area contributed by atoms with Crippen molar-refractivity contribution in [2.75, 3.05) is 31.3 Å². The molecule has 1 aromatic heterocycles. The highest BCUT2D eigenvalue weighted by Gasteiger charge is 2.13. The molecule has 1 unspecified atom stereocenters. The average Bonchev–Trinajstić information content (AvgIpc) is 3.08. The second kappa shape index (κ2) is 9.29. The maximum Gasteiger partial charge on any atom is 0.279 e. The molecule has 6 nitrogen and oxygen atoms in total. The Morgan fingerprint density at radius 2 is 2.00 bits per heavy atom. The molecule has 2 aromatic carbocycles. The van der Waals surface area contributed by atoms with E-state index >= 15 is 0 Å². The van der Waals surface area contributed by atoms with Crippen LogP contribution in [0.15, 0.2) is 53.9 Å². The summed E-state index contributed by atoms with van der Waals surface area (Å²) in [5.41, 5.74) is 2.28. The Kier molecular flexibility index (Phi) is 6.57. The van der Waals surface area contributed by atoms with Gasteiger partial charge in [0.2, 0.25) is 0 Å². The van der Waals surface area contributed by atoms with Gasteiger partial charge >= 0.3 is 0 Å². The first kappa shape index (κ1) is 19.8. The Morgan fingerprint density at radius 3 is 2.71 bits per heavy atom. The zero-order valence-electron chi connectivity index (χ0n) is 15.7. The van der Waals surface area contributed by atoms with Crippen LogP contribution in [0.5, 0.6) is 5.75 Å². The number of likely N-dealkylation sites (N-methyl/N-ethyl adjacent to an activating group) is 1. The van der Waals surface area contributed by atoms with Gasteiger partial charge in [-0.15, -0.1) is 11.3 Å². The molecule has 3 N–H and O–H groups in total. The number of carbonyl (C=O) groups is 1. The average molecular weight is 401 g/mol. The minimum Gasteiger partial charge on any atom is -0.497 e. The number of hydrogen-bond acceptors (Lipinski definition) is 5. The first-order chi connectivity index (χ1) is 13.5. The number of hydrogen-bond donors (Lipinski definition) is 3. The number of halogens is 1.